The molecule has 0 amide bonds. The minimum Gasteiger partial charge on any atom is -0.468 e. The quantitative estimate of drug-likeness (QED) is 0.777. The van der Waals surface area contributed by atoms with Gasteiger partial charge in [0, 0.05) is 12.0 Å². The largest absolute Gasteiger partial charge is 0.468 e. The molecule has 1 saturated heterocycles. The molecule has 0 spiro atoms. The lowest BCUT2D eigenvalue weighted by molar-refractivity contribution is 0.0880. The van der Waals surface area contributed by atoms with Crippen LogP contribution in [-0.4, -0.2) is 13.7 Å². The predicted octanol–water partition coefficient (Wildman–Crippen LogP) is 4.63. The fraction of sp³-hybridized carbons (Fsp3) is 0.304. The Balaban J connectivity index is 1.79. The Hall–Kier alpha value is -3.10. The highest BCUT2D eigenvalue weighted by Gasteiger charge is 2.28. The van der Waals surface area contributed by atoms with Crippen molar-refractivity contribution in [2.45, 2.75) is 33.3 Å². The van der Waals surface area contributed by atoms with E-state index in [9.17, 15) is 4.79 Å². The zero-order valence-corrected chi connectivity index (χ0v) is 16.5. The molecule has 3 rings (SSSR count). The Bertz CT molecular complexity index is 1040. The highest BCUT2D eigenvalue weighted by atomic mass is 16.6. The Morgan fingerprint density at radius 3 is 2.61 bits per heavy atom. The third-order valence-corrected chi connectivity index (χ3v) is 4.82. The van der Waals surface area contributed by atoms with E-state index in [4.69, 9.17) is 19.2 Å². The van der Waals surface area contributed by atoms with Gasteiger partial charge in [-0.25, -0.2) is 0 Å². The summed E-state index contributed by atoms with van der Waals surface area (Å²) in [5.41, 5.74) is 4.86. The van der Waals surface area contributed by atoms with E-state index in [1.165, 1.54) is 7.11 Å². The number of hydrogen-bond donors (Lipinski definition) is 0. The number of ether oxygens (including phenoxy) is 2. The molecule has 0 saturated carbocycles. The van der Waals surface area contributed by atoms with E-state index in [2.05, 4.69) is 18.2 Å². The van der Waals surface area contributed by atoms with Crippen LogP contribution in [0.25, 0.3) is 6.08 Å². The lowest BCUT2D eigenvalue weighted by Crippen LogP contribution is -2.15. The van der Waals surface area contributed by atoms with Crippen LogP contribution in [0.4, 0.5) is 0 Å². The summed E-state index contributed by atoms with van der Waals surface area (Å²) in [7, 11) is 1.49. The number of benzene rings is 1. The summed E-state index contributed by atoms with van der Waals surface area (Å²) in [6.07, 6.45) is 4.52. The molecule has 1 aromatic carbocycles. The van der Waals surface area contributed by atoms with Crippen LogP contribution in [0.3, 0.4) is 0 Å². The first-order valence-corrected chi connectivity index (χ1v) is 9.10. The molecule has 2 heterocycles. The summed E-state index contributed by atoms with van der Waals surface area (Å²) >= 11 is 0. The molecule has 5 nitrogen and oxygen atoms in total. The van der Waals surface area contributed by atoms with Gasteiger partial charge in [0.1, 0.15) is 11.9 Å². The third kappa shape index (κ3) is 4.08. The maximum absolute atomic E-state index is 12.4. The molecule has 2 aromatic rings. The van der Waals surface area contributed by atoms with Crippen LogP contribution in [0.15, 0.2) is 50.7 Å². The Morgan fingerprint density at radius 2 is 1.96 bits per heavy atom. The van der Waals surface area contributed by atoms with Gasteiger partial charge in [-0.05, 0) is 44.0 Å². The number of allylic oxidation sites excluding steroid dienone is 2. The van der Waals surface area contributed by atoms with Crippen molar-refractivity contribution in [3.05, 3.63) is 79.7 Å². The zero-order valence-electron chi connectivity index (χ0n) is 16.5. The second kappa shape index (κ2) is 8.28. The monoisotopic (exact) mass is 377 g/mol. The molecule has 28 heavy (non-hydrogen) atoms. The van der Waals surface area contributed by atoms with Crippen molar-refractivity contribution in [1.29, 1.82) is 5.26 Å². The maximum Gasteiger partial charge on any atom is 0.291 e. The minimum absolute atomic E-state index is 0.0731. The second-order valence-corrected chi connectivity index (χ2v) is 6.97. The molecule has 1 aromatic heterocycles. The van der Waals surface area contributed by atoms with Crippen LogP contribution in [-0.2, 0) is 4.74 Å². The average Bonchev–Trinajstić information content (AvgIpc) is 3.15. The molecule has 1 fully saturated rings. The molecule has 5 heteroatoms. The summed E-state index contributed by atoms with van der Waals surface area (Å²) in [6.45, 7) is 5.97. The number of methoxy groups -OCH3 is 1. The summed E-state index contributed by atoms with van der Waals surface area (Å²) in [6, 6.07) is 9.57. The molecule has 0 aliphatic carbocycles. The van der Waals surface area contributed by atoms with Crippen molar-refractivity contribution in [2.24, 2.45) is 0 Å². The molecule has 0 radical (unpaired) electrons. The summed E-state index contributed by atoms with van der Waals surface area (Å²) < 4.78 is 16.9. The molecule has 0 N–H and O–H groups in total. The highest BCUT2D eigenvalue weighted by molar-refractivity contribution is 5.56. The molecule has 0 unspecified atom stereocenters. The van der Waals surface area contributed by atoms with Gasteiger partial charge in [0.15, 0.2) is 5.43 Å². The Labute approximate surface area is 164 Å². The smallest absolute Gasteiger partial charge is 0.291 e. The summed E-state index contributed by atoms with van der Waals surface area (Å²) in [5.74, 6) is 0.771. The molecule has 1 atom stereocenters. The van der Waals surface area contributed by atoms with Gasteiger partial charge in [0.25, 0.3) is 5.95 Å². The molecule has 0 bridgehead atoms. The third-order valence-electron chi connectivity index (χ3n) is 4.82. The van der Waals surface area contributed by atoms with Crippen molar-refractivity contribution >= 4 is 6.08 Å². The standard InChI is InChI=1S/C23H23NO4/c1-14(9-17-5-7-18(12-24)8-6-17)10-19-11-20(27-13-19)22-15(2)21(25)16(3)23(26-4)28-22/h5-10,20H,11,13H2,1-4H3/b14-9+,19-10-/t20-/m1/s1. The normalized spacial score (nSPS) is 18.3. The topological polar surface area (TPSA) is 72.5 Å². The van der Waals surface area contributed by atoms with E-state index in [0.717, 1.165) is 16.7 Å². The van der Waals surface area contributed by atoms with E-state index < -0.39 is 0 Å². The van der Waals surface area contributed by atoms with E-state index in [0.29, 0.717) is 35.5 Å². The van der Waals surface area contributed by atoms with Crippen LogP contribution in [0.2, 0.25) is 0 Å². The summed E-state index contributed by atoms with van der Waals surface area (Å²) in [4.78, 5) is 12.4. The van der Waals surface area contributed by atoms with Gasteiger partial charge in [-0.15, -0.1) is 0 Å². The first-order chi connectivity index (χ1) is 13.4. The number of hydrogen-bond acceptors (Lipinski definition) is 5. The van der Waals surface area contributed by atoms with Crippen molar-refractivity contribution in [1.82, 2.24) is 0 Å². The highest BCUT2D eigenvalue weighted by Crippen LogP contribution is 2.35. The van der Waals surface area contributed by atoms with Crippen LogP contribution in [0.5, 0.6) is 5.95 Å². The van der Waals surface area contributed by atoms with Gasteiger partial charge in [0.2, 0.25) is 0 Å². The number of nitrogens with zero attached hydrogens (tertiary/aromatic N) is 1. The second-order valence-electron chi connectivity index (χ2n) is 6.97. The number of nitriles is 1. The van der Waals surface area contributed by atoms with Gasteiger partial charge in [0.05, 0.1) is 30.9 Å². The van der Waals surface area contributed by atoms with Crippen molar-refractivity contribution in [3.63, 3.8) is 0 Å². The summed E-state index contributed by atoms with van der Waals surface area (Å²) in [5, 5.41) is 8.88. The van der Waals surface area contributed by atoms with Crippen LogP contribution < -0.4 is 10.2 Å². The van der Waals surface area contributed by atoms with E-state index in [1.54, 1.807) is 26.0 Å². The van der Waals surface area contributed by atoms with E-state index >= 15 is 0 Å². The van der Waals surface area contributed by atoms with Crippen molar-refractivity contribution in [2.75, 3.05) is 13.7 Å². The lowest BCUT2D eigenvalue weighted by Gasteiger charge is -2.13. The maximum atomic E-state index is 12.4. The Morgan fingerprint density at radius 1 is 1.25 bits per heavy atom. The van der Waals surface area contributed by atoms with Crippen LogP contribution in [0, 0.1) is 25.2 Å². The van der Waals surface area contributed by atoms with Gasteiger partial charge in [-0.1, -0.05) is 29.9 Å². The molecular formula is C23H23NO4. The zero-order chi connectivity index (χ0) is 20.3. The lowest BCUT2D eigenvalue weighted by atomic mass is 10.0. The first-order valence-electron chi connectivity index (χ1n) is 9.10. The number of rotatable bonds is 4. The van der Waals surface area contributed by atoms with Gasteiger partial charge in [-0.2, -0.15) is 5.26 Å². The van der Waals surface area contributed by atoms with Gasteiger partial charge >= 0.3 is 0 Å². The minimum atomic E-state index is -0.295. The first kappa shape index (κ1) is 19.7. The van der Waals surface area contributed by atoms with Crippen molar-refractivity contribution in [3.8, 4) is 12.0 Å². The predicted molar refractivity (Wildman–Crippen MR) is 107 cm³/mol. The fourth-order valence-corrected chi connectivity index (χ4v) is 3.35. The molecule has 1 aliphatic heterocycles. The van der Waals surface area contributed by atoms with Gasteiger partial charge in [-0.3, -0.25) is 4.79 Å². The molecule has 144 valence electrons. The SMILES string of the molecule is COc1oc([C@H]2C/C(=C/C(C)=C/c3ccc(C#N)cc3)CO2)c(C)c(=O)c1C. The van der Waals surface area contributed by atoms with E-state index in [-0.39, 0.29) is 17.5 Å². The van der Waals surface area contributed by atoms with Crippen molar-refractivity contribution < 1.29 is 13.9 Å². The molecule has 1 aliphatic rings. The van der Waals surface area contributed by atoms with E-state index in [1.807, 2.05) is 19.1 Å². The molecular weight excluding hydrogens is 354 g/mol. The van der Waals surface area contributed by atoms with Crippen LogP contribution >= 0.6 is 0 Å². The van der Waals surface area contributed by atoms with Gasteiger partial charge < -0.3 is 13.9 Å². The van der Waals surface area contributed by atoms with Crippen LogP contribution in [0.1, 0.15) is 47.5 Å². The average molecular weight is 377 g/mol. The fourth-order valence-electron chi connectivity index (χ4n) is 3.35. The Kier molecular flexibility index (Phi) is 5.81.